The molecule has 1 aromatic carbocycles. The van der Waals surface area contributed by atoms with E-state index in [2.05, 4.69) is 47.6 Å². The summed E-state index contributed by atoms with van der Waals surface area (Å²) in [6.07, 6.45) is 2.77. The van der Waals surface area contributed by atoms with Crippen molar-refractivity contribution in [1.82, 2.24) is 20.4 Å². The molecule has 1 amide bonds. The number of piperidine rings is 1. The topological polar surface area (TPSA) is 70.2 Å². The Labute approximate surface area is 166 Å². The predicted molar refractivity (Wildman–Crippen MR) is 107 cm³/mol. The number of fused-ring (bicyclic) bond motifs is 1. The molecular weight excluding hydrogens is 364 g/mol. The van der Waals surface area contributed by atoms with Gasteiger partial charge in [0.05, 0.1) is 0 Å². The minimum Gasteiger partial charge on any atom is -0.490 e. The standard InChI is InChI=1S/C20H26N4O2.ClH/c1-13-3-4-14(2)18(11-13)26-15-6-9-24(10-7-15)20(25)19-16-12-21-8-5-17(16)22-23-19;/h3-4,11,15,21H,5-10,12H2,1-2H3,(H,22,23);1H. The van der Waals surface area contributed by atoms with Crippen LogP contribution < -0.4 is 10.1 Å². The van der Waals surface area contributed by atoms with Gasteiger partial charge in [-0.1, -0.05) is 12.1 Å². The molecule has 0 aliphatic carbocycles. The van der Waals surface area contributed by atoms with Gasteiger partial charge in [0, 0.05) is 56.7 Å². The molecule has 3 heterocycles. The molecule has 0 atom stereocenters. The van der Waals surface area contributed by atoms with Crippen LogP contribution >= 0.6 is 12.4 Å². The van der Waals surface area contributed by atoms with E-state index in [1.54, 1.807) is 0 Å². The summed E-state index contributed by atoms with van der Waals surface area (Å²) in [7, 11) is 0. The van der Waals surface area contributed by atoms with Crippen LogP contribution in [0.5, 0.6) is 5.75 Å². The zero-order valence-corrected chi connectivity index (χ0v) is 16.7. The zero-order valence-electron chi connectivity index (χ0n) is 15.9. The highest BCUT2D eigenvalue weighted by atomic mass is 35.5. The van der Waals surface area contributed by atoms with Gasteiger partial charge in [0.25, 0.3) is 5.91 Å². The molecule has 1 saturated heterocycles. The van der Waals surface area contributed by atoms with Crippen LogP contribution in [0.15, 0.2) is 18.2 Å². The maximum absolute atomic E-state index is 12.9. The number of ether oxygens (including phenoxy) is 1. The van der Waals surface area contributed by atoms with Crippen molar-refractivity contribution in [2.24, 2.45) is 0 Å². The molecule has 0 unspecified atom stereocenters. The number of aryl methyl sites for hydroxylation is 2. The molecule has 2 aromatic rings. The minimum atomic E-state index is 0. The maximum atomic E-state index is 12.9. The molecule has 2 aliphatic heterocycles. The van der Waals surface area contributed by atoms with Gasteiger partial charge in [0.15, 0.2) is 5.69 Å². The first kappa shape index (κ1) is 19.7. The van der Waals surface area contributed by atoms with E-state index in [9.17, 15) is 4.79 Å². The van der Waals surface area contributed by atoms with Gasteiger partial charge in [-0.15, -0.1) is 12.4 Å². The van der Waals surface area contributed by atoms with Gasteiger partial charge >= 0.3 is 0 Å². The Morgan fingerprint density at radius 2 is 2.04 bits per heavy atom. The molecule has 2 aliphatic rings. The van der Waals surface area contributed by atoms with Crippen LogP contribution in [0, 0.1) is 13.8 Å². The Kier molecular flexibility index (Phi) is 6.07. The lowest BCUT2D eigenvalue weighted by Crippen LogP contribution is -2.42. The molecule has 7 heteroatoms. The Hall–Kier alpha value is -2.05. The van der Waals surface area contributed by atoms with Crippen LogP contribution in [0.25, 0.3) is 0 Å². The van der Waals surface area contributed by atoms with Gasteiger partial charge in [-0.25, -0.2) is 0 Å². The average Bonchev–Trinajstić information content (AvgIpc) is 3.09. The number of aromatic nitrogens is 2. The van der Waals surface area contributed by atoms with Gasteiger partial charge in [-0.3, -0.25) is 9.89 Å². The lowest BCUT2D eigenvalue weighted by molar-refractivity contribution is 0.0587. The monoisotopic (exact) mass is 390 g/mol. The van der Waals surface area contributed by atoms with Crippen LogP contribution in [-0.2, 0) is 13.0 Å². The second kappa shape index (κ2) is 8.31. The molecule has 6 nitrogen and oxygen atoms in total. The van der Waals surface area contributed by atoms with Crippen molar-refractivity contribution in [2.45, 2.75) is 45.8 Å². The summed E-state index contributed by atoms with van der Waals surface area (Å²) in [4.78, 5) is 14.8. The summed E-state index contributed by atoms with van der Waals surface area (Å²) in [6.45, 7) is 7.23. The van der Waals surface area contributed by atoms with Crippen LogP contribution in [-0.4, -0.2) is 46.7 Å². The number of rotatable bonds is 3. The minimum absolute atomic E-state index is 0. The Balaban J connectivity index is 0.00000210. The van der Waals surface area contributed by atoms with E-state index in [0.717, 1.165) is 54.9 Å². The highest BCUT2D eigenvalue weighted by Gasteiger charge is 2.29. The number of amides is 1. The molecule has 27 heavy (non-hydrogen) atoms. The molecule has 0 saturated carbocycles. The highest BCUT2D eigenvalue weighted by Crippen LogP contribution is 2.25. The summed E-state index contributed by atoms with van der Waals surface area (Å²) in [6, 6.07) is 6.29. The number of nitrogens with one attached hydrogen (secondary N) is 2. The first-order valence-corrected chi connectivity index (χ1v) is 9.42. The van der Waals surface area contributed by atoms with Crippen molar-refractivity contribution in [2.75, 3.05) is 19.6 Å². The molecule has 1 fully saturated rings. The fourth-order valence-corrected chi connectivity index (χ4v) is 3.74. The SMILES string of the molecule is Cc1ccc(C)c(OC2CCN(C(=O)c3n[nH]c4c3CNCC4)CC2)c1.Cl. The van der Waals surface area contributed by atoms with Crippen molar-refractivity contribution in [3.63, 3.8) is 0 Å². The largest absolute Gasteiger partial charge is 0.490 e. The number of aromatic amines is 1. The molecule has 0 bridgehead atoms. The molecular formula is C20H27ClN4O2. The highest BCUT2D eigenvalue weighted by molar-refractivity contribution is 5.94. The summed E-state index contributed by atoms with van der Waals surface area (Å²) in [5, 5.41) is 10.6. The quantitative estimate of drug-likeness (QED) is 0.845. The Bertz CT molecular complexity index is 812. The Morgan fingerprint density at radius 1 is 1.26 bits per heavy atom. The lowest BCUT2D eigenvalue weighted by Gasteiger charge is -2.32. The third kappa shape index (κ3) is 4.12. The van der Waals surface area contributed by atoms with Crippen LogP contribution in [0.1, 0.15) is 45.7 Å². The molecule has 0 spiro atoms. The molecule has 146 valence electrons. The average molecular weight is 391 g/mol. The Morgan fingerprint density at radius 3 is 2.81 bits per heavy atom. The second-order valence-electron chi connectivity index (χ2n) is 7.33. The van der Waals surface area contributed by atoms with E-state index >= 15 is 0 Å². The number of benzene rings is 1. The number of likely N-dealkylation sites (tertiary alicyclic amines) is 1. The third-order valence-electron chi connectivity index (χ3n) is 5.38. The first-order chi connectivity index (χ1) is 12.6. The van der Waals surface area contributed by atoms with Crippen LogP contribution in [0.3, 0.4) is 0 Å². The van der Waals surface area contributed by atoms with E-state index in [0.29, 0.717) is 18.8 Å². The van der Waals surface area contributed by atoms with E-state index in [-0.39, 0.29) is 24.4 Å². The summed E-state index contributed by atoms with van der Waals surface area (Å²) >= 11 is 0. The summed E-state index contributed by atoms with van der Waals surface area (Å²) in [5.74, 6) is 0.999. The van der Waals surface area contributed by atoms with Crippen molar-refractivity contribution in [3.8, 4) is 5.75 Å². The number of nitrogens with zero attached hydrogens (tertiary/aromatic N) is 2. The van der Waals surface area contributed by atoms with Gasteiger partial charge in [-0.2, -0.15) is 5.10 Å². The number of hydrogen-bond donors (Lipinski definition) is 2. The smallest absolute Gasteiger partial charge is 0.274 e. The van der Waals surface area contributed by atoms with Gasteiger partial charge in [0.1, 0.15) is 11.9 Å². The van der Waals surface area contributed by atoms with Crippen molar-refractivity contribution in [3.05, 3.63) is 46.3 Å². The maximum Gasteiger partial charge on any atom is 0.274 e. The lowest BCUT2D eigenvalue weighted by atomic mass is 10.0. The third-order valence-corrected chi connectivity index (χ3v) is 5.38. The van der Waals surface area contributed by atoms with Crippen molar-refractivity contribution >= 4 is 18.3 Å². The molecule has 4 rings (SSSR count). The van der Waals surface area contributed by atoms with Crippen LogP contribution in [0.2, 0.25) is 0 Å². The van der Waals surface area contributed by atoms with E-state index < -0.39 is 0 Å². The molecule has 2 N–H and O–H groups in total. The van der Waals surface area contributed by atoms with Crippen LogP contribution in [0.4, 0.5) is 0 Å². The number of H-pyrrole nitrogens is 1. The second-order valence-corrected chi connectivity index (χ2v) is 7.33. The van der Waals surface area contributed by atoms with Crippen molar-refractivity contribution in [1.29, 1.82) is 0 Å². The summed E-state index contributed by atoms with van der Waals surface area (Å²) < 4.78 is 6.21. The molecule has 1 aromatic heterocycles. The normalized spacial score (nSPS) is 17.2. The van der Waals surface area contributed by atoms with Gasteiger partial charge < -0.3 is 15.0 Å². The van der Waals surface area contributed by atoms with E-state index in [1.807, 2.05) is 4.90 Å². The van der Waals surface area contributed by atoms with Crippen molar-refractivity contribution < 1.29 is 9.53 Å². The fourth-order valence-electron chi connectivity index (χ4n) is 3.74. The molecule has 0 radical (unpaired) electrons. The van der Waals surface area contributed by atoms with Gasteiger partial charge in [-0.05, 0) is 31.0 Å². The zero-order chi connectivity index (χ0) is 18.1. The number of halogens is 1. The predicted octanol–water partition coefficient (Wildman–Crippen LogP) is 2.78. The summed E-state index contributed by atoms with van der Waals surface area (Å²) in [5.41, 5.74) is 5.08. The number of carbonyl (C=O) groups is 1. The van der Waals surface area contributed by atoms with Gasteiger partial charge in [0.2, 0.25) is 0 Å². The number of hydrogen-bond acceptors (Lipinski definition) is 4. The fraction of sp³-hybridized carbons (Fsp3) is 0.500. The van der Waals surface area contributed by atoms with E-state index in [1.165, 1.54) is 5.56 Å². The first-order valence-electron chi connectivity index (χ1n) is 9.42. The van der Waals surface area contributed by atoms with E-state index in [4.69, 9.17) is 4.74 Å². The number of carbonyl (C=O) groups excluding carboxylic acids is 1.